The molecule has 0 bridgehead atoms. The molecule has 0 amide bonds. The topological polar surface area (TPSA) is 469 Å². The molecule has 7 unspecified atom stereocenters. The number of likely N-dealkylation sites (N-methyl/N-ethyl adjacent to an activating group) is 1. The third-order valence-corrected chi connectivity index (χ3v) is 18.8. The highest BCUT2D eigenvalue weighted by Gasteiger charge is 2.55. The lowest BCUT2D eigenvalue weighted by Crippen LogP contribution is -2.68. The standard InChI is InChI=1S/C62H97N19O13/c1-77-22-24-78(25-23-77)39-16-19-43-44(26-39)70-59(69-43)35-14-17-40(18-15-35)88-34-38-32-80(75-73-38)21-11-7-5-3-2-4-6-10-20-79-30-36(71-74-79)12-8-9-13-37-31-81(76-72-37)33-47-57(93-61-49(68)54(86)52(84)46(29-64)90-61)55(87)62(91-47)94-58-50(82)41(65)27-42(66)56(58)92-60-48(67)53(85)51(83)45(28-63)89-60/h14-19,26,30-32,41-42,45-58,60-62,82-87H,2-13,20-25,27-29,33-34,63-68H2,1H3,(H,69,70)/t41-,42?,45?,46+,47-,48?,49?,50?,51-,52-,53-,54?,55+,56-,57+,58-,60+,61-,62?/m1/s1. The van der Waals surface area contributed by atoms with Gasteiger partial charge in [-0.15, -0.1) is 15.3 Å². The molecule has 4 aromatic heterocycles. The van der Waals surface area contributed by atoms with Gasteiger partial charge in [-0.3, -0.25) is 9.36 Å². The summed E-state index contributed by atoms with van der Waals surface area (Å²) in [4.78, 5) is 13.1. The van der Waals surface area contributed by atoms with Gasteiger partial charge in [-0.1, -0.05) is 54.2 Å². The van der Waals surface area contributed by atoms with E-state index in [1.54, 1.807) is 6.20 Å². The van der Waals surface area contributed by atoms with E-state index in [9.17, 15) is 30.6 Å². The summed E-state index contributed by atoms with van der Waals surface area (Å²) in [7, 11) is 2.17. The van der Waals surface area contributed by atoms with Crippen molar-refractivity contribution in [3.05, 3.63) is 78.1 Å². The molecule has 5 fully saturated rings. The number of fused-ring (bicyclic) bond motifs is 1. The van der Waals surface area contributed by atoms with Crippen molar-refractivity contribution in [2.24, 2.45) is 34.4 Å². The molecule has 19 atom stereocenters. The van der Waals surface area contributed by atoms with Crippen LogP contribution in [0.15, 0.2) is 61.1 Å². The van der Waals surface area contributed by atoms with Gasteiger partial charge in [0.25, 0.3) is 0 Å². The van der Waals surface area contributed by atoms with Crippen molar-refractivity contribution in [2.45, 2.75) is 226 Å². The van der Waals surface area contributed by atoms with E-state index in [4.69, 9.17) is 72.5 Å². The van der Waals surface area contributed by atoms with E-state index in [1.807, 2.05) is 46.0 Å². The summed E-state index contributed by atoms with van der Waals surface area (Å²) in [6, 6.07) is 10.1. The van der Waals surface area contributed by atoms with Crippen LogP contribution in [0.4, 0.5) is 5.69 Å². The number of aromatic nitrogens is 11. The maximum absolute atomic E-state index is 12.0. The Morgan fingerprint density at radius 1 is 0.543 bits per heavy atom. The van der Waals surface area contributed by atoms with E-state index in [2.05, 4.69) is 71.0 Å². The quantitative estimate of drug-likeness (QED) is 0.0206. The van der Waals surface area contributed by atoms with E-state index in [0.29, 0.717) is 18.7 Å². The number of aromatic amines is 1. The zero-order valence-corrected chi connectivity index (χ0v) is 53.4. The number of hydrogen-bond acceptors (Lipinski definition) is 28. The summed E-state index contributed by atoms with van der Waals surface area (Å²) in [5, 5.41) is 92.2. The number of nitrogens with two attached hydrogens (primary N) is 6. The first kappa shape index (κ1) is 69.5. The van der Waals surface area contributed by atoms with Gasteiger partial charge in [0.15, 0.2) is 18.9 Å². The molecule has 1 aliphatic carbocycles. The lowest BCUT2D eigenvalue weighted by molar-refractivity contribution is -0.306. The van der Waals surface area contributed by atoms with E-state index >= 15 is 0 Å². The predicted octanol–water partition coefficient (Wildman–Crippen LogP) is -2.15. The first-order valence-electron chi connectivity index (χ1n) is 33.3. The van der Waals surface area contributed by atoms with E-state index in [-0.39, 0.29) is 26.1 Å². The second-order valence-corrected chi connectivity index (χ2v) is 25.9. The number of aliphatic hydroxyl groups is 6. The molecule has 32 nitrogen and oxygen atoms in total. The van der Waals surface area contributed by atoms with Gasteiger partial charge in [0.05, 0.1) is 53.4 Å². The molecule has 8 heterocycles. The Morgan fingerprint density at radius 3 is 1.68 bits per heavy atom. The third-order valence-electron chi connectivity index (χ3n) is 18.8. The highest BCUT2D eigenvalue weighted by Crippen LogP contribution is 2.36. The Hall–Kier alpha value is -5.83. The van der Waals surface area contributed by atoms with E-state index in [0.717, 1.165) is 124 Å². The van der Waals surface area contributed by atoms with Gasteiger partial charge < -0.3 is 113 Å². The molecule has 0 radical (unpaired) electrons. The van der Waals surface area contributed by atoms with Crippen molar-refractivity contribution < 1.29 is 63.8 Å². The molecule has 19 N–H and O–H groups in total. The number of aliphatic hydroxyl groups excluding tert-OH is 6. The summed E-state index contributed by atoms with van der Waals surface area (Å²) in [5.41, 5.74) is 43.7. The fourth-order valence-corrected chi connectivity index (χ4v) is 13.0. The van der Waals surface area contributed by atoms with Crippen LogP contribution in [0.5, 0.6) is 5.75 Å². The van der Waals surface area contributed by atoms with Crippen LogP contribution < -0.4 is 44.0 Å². The largest absolute Gasteiger partial charge is 0.487 e. The number of piperazine rings is 1. The number of unbranched alkanes of at least 4 members (excludes halogenated alkanes) is 8. The average molecular weight is 1320 g/mol. The van der Waals surface area contributed by atoms with Gasteiger partial charge in [0.2, 0.25) is 0 Å². The van der Waals surface area contributed by atoms with Crippen LogP contribution in [-0.2, 0) is 67.5 Å². The van der Waals surface area contributed by atoms with Crippen molar-refractivity contribution in [2.75, 3.05) is 51.2 Å². The number of H-pyrrole nitrogens is 1. The minimum atomic E-state index is -1.61. The molecule has 2 aromatic carbocycles. The van der Waals surface area contributed by atoms with Crippen LogP contribution in [0.1, 0.15) is 87.7 Å². The zero-order valence-electron chi connectivity index (χ0n) is 53.4. The Labute approximate surface area is 545 Å². The molecule has 1 saturated carbocycles. The molecule has 4 aliphatic heterocycles. The number of hydrogen-bond donors (Lipinski definition) is 13. The molecule has 94 heavy (non-hydrogen) atoms. The van der Waals surface area contributed by atoms with Gasteiger partial charge in [-0.25, -0.2) is 9.67 Å². The Kier molecular flexibility index (Phi) is 24.0. The average Bonchev–Trinajstić information content (AvgIpc) is 1.40. The maximum atomic E-state index is 12.0. The van der Waals surface area contributed by atoms with Gasteiger partial charge >= 0.3 is 0 Å². The lowest BCUT2D eigenvalue weighted by Gasteiger charge is -2.47. The minimum Gasteiger partial charge on any atom is -0.487 e. The van der Waals surface area contributed by atoms with Crippen molar-refractivity contribution in [1.29, 1.82) is 0 Å². The van der Waals surface area contributed by atoms with Crippen molar-refractivity contribution >= 4 is 16.7 Å². The van der Waals surface area contributed by atoms with Crippen LogP contribution in [0.2, 0.25) is 0 Å². The van der Waals surface area contributed by atoms with Gasteiger partial charge in [-0.2, -0.15) is 0 Å². The number of imidazole rings is 1. The van der Waals surface area contributed by atoms with Crippen LogP contribution in [0, 0.1) is 0 Å². The summed E-state index contributed by atoms with van der Waals surface area (Å²) in [5.74, 6) is 1.59. The van der Waals surface area contributed by atoms with Crippen LogP contribution in [-0.4, -0.2) is 253 Å². The van der Waals surface area contributed by atoms with Crippen LogP contribution >= 0.6 is 0 Å². The smallest absolute Gasteiger partial charge is 0.187 e. The van der Waals surface area contributed by atoms with Crippen LogP contribution in [0.25, 0.3) is 22.4 Å². The van der Waals surface area contributed by atoms with Crippen molar-refractivity contribution in [1.82, 2.24) is 59.8 Å². The SMILES string of the molecule is CN1CCN(c2ccc3nc(-c4ccc(OCc5cn(CCCCCCCCCCn6cc(CCCCc7cn(C[C@H]8OC(O[C@@H]9C(O)[C@H](N)CC(N)[C@H]9O[C@@H]9OC(CN)[C@@H](O)[C@H](O)C9N)[C@@H](O)[C@H]8O[C@H]8O[C@@H](CN)[C@@H](O)C(O)C8N)nn7)nn6)nn5)cc4)[nH]c3c2)CC1. The highest BCUT2D eigenvalue weighted by molar-refractivity contribution is 5.83. The van der Waals surface area contributed by atoms with E-state index in [1.165, 1.54) is 36.1 Å². The van der Waals surface area contributed by atoms with Gasteiger partial charge in [0.1, 0.15) is 91.0 Å². The molecule has 5 aliphatic rings. The van der Waals surface area contributed by atoms with Crippen molar-refractivity contribution in [3.63, 3.8) is 0 Å². The molecule has 6 aromatic rings. The molecule has 32 heteroatoms. The monoisotopic (exact) mass is 1320 g/mol. The fraction of sp³-hybridized carbons (Fsp3) is 0.694. The molecule has 0 spiro atoms. The summed E-state index contributed by atoms with van der Waals surface area (Å²) in [6.07, 6.45) is -2.12. The number of nitrogens with zero attached hydrogens (tertiary/aromatic N) is 12. The number of rotatable bonds is 31. The molecular formula is C62H97N19O13. The third kappa shape index (κ3) is 17.1. The van der Waals surface area contributed by atoms with Crippen molar-refractivity contribution in [3.8, 4) is 17.1 Å². The number of nitrogens with one attached hydrogen (secondary N) is 1. The molecule has 11 rings (SSSR count). The second kappa shape index (κ2) is 32.5. The Balaban J connectivity index is 0.569. The Morgan fingerprint density at radius 2 is 1.07 bits per heavy atom. The number of ether oxygens (including phenoxy) is 7. The maximum Gasteiger partial charge on any atom is 0.187 e. The van der Waals surface area contributed by atoms with E-state index < -0.39 is 116 Å². The molecular weight excluding hydrogens is 1220 g/mol. The summed E-state index contributed by atoms with van der Waals surface area (Å²) >= 11 is 0. The van der Waals surface area contributed by atoms with Gasteiger partial charge in [0, 0.05) is 88.1 Å². The Bertz CT molecular complexity index is 3260. The van der Waals surface area contributed by atoms with Gasteiger partial charge in [-0.05, 0) is 94.5 Å². The summed E-state index contributed by atoms with van der Waals surface area (Å²) < 4.78 is 48.3. The number of aryl methyl sites for hydroxylation is 4. The minimum absolute atomic E-state index is 0.0300. The normalized spacial score (nSPS) is 31.8. The zero-order chi connectivity index (χ0) is 66.0. The summed E-state index contributed by atoms with van der Waals surface area (Å²) in [6.45, 7) is 5.78. The highest BCUT2D eigenvalue weighted by atomic mass is 16.8. The number of anilines is 1. The predicted molar refractivity (Wildman–Crippen MR) is 340 cm³/mol. The number of benzene rings is 2. The molecule has 4 saturated heterocycles. The first-order valence-corrected chi connectivity index (χ1v) is 33.3. The second-order valence-electron chi connectivity index (χ2n) is 25.9. The van der Waals surface area contributed by atoms with Crippen LogP contribution in [0.3, 0.4) is 0 Å². The fourth-order valence-electron chi connectivity index (χ4n) is 13.0. The lowest BCUT2D eigenvalue weighted by atomic mass is 9.84. The first-order chi connectivity index (χ1) is 45.5. The molecule has 518 valence electrons.